The lowest BCUT2D eigenvalue weighted by Gasteiger charge is -2.01. The molecule has 0 saturated heterocycles. The van der Waals surface area contributed by atoms with Gasteiger partial charge in [-0.1, -0.05) is 0 Å². The molecule has 1 aliphatic rings. The van der Waals surface area contributed by atoms with Gasteiger partial charge in [-0.25, -0.2) is 0 Å². The summed E-state index contributed by atoms with van der Waals surface area (Å²) in [5.74, 6) is -0.701. The van der Waals surface area contributed by atoms with Gasteiger partial charge in [0.05, 0.1) is 5.57 Å². The maximum absolute atomic E-state index is 11.9. The smallest absolute Gasteiger partial charge is 0.256 e. The fraction of sp³-hybridized carbons (Fsp3) is 0. The first-order valence-corrected chi connectivity index (χ1v) is 5.76. The van der Waals surface area contributed by atoms with Crippen LogP contribution in [-0.2, 0) is 4.79 Å². The van der Waals surface area contributed by atoms with Crippen molar-refractivity contribution in [2.45, 2.75) is 0 Å². The normalized spacial score (nSPS) is 15.4. The molecule has 94 valence electrons. The second kappa shape index (κ2) is 4.13. The number of anilines is 1. The van der Waals surface area contributed by atoms with E-state index in [1.165, 1.54) is 0 Å². The van der Waals surface area contributed by atoms with Crippen molar-refractivity contribution in [2.75, 3.05) is 5.32 Å². The maximum Gasteiger partial charge on any atom is 0.256 e. The lowest BCUT2D eigenvalue weighted by atomic mass is 10.0. The SMILES string of the molecule is NC(=O)c1ccc2c(c1)/C(=C/c1ccc[nH]1)C(=O)N2. The van der Waals surface area contributed by atoms with Gasteiger partial charge in [-0.05, 0) is 36.4 Å². The van der Waals surface area contributed by atoms with Crippen LogP contribution < -0.4 is 11.1 Å². The van der Waals surface area contributed by atoms with E-state index in [-0.39, 0.29) is 5.91 Å². The van der Waals surface area contributed by atoms with Crippen molar-refractivity contribution in [1.82, 2.24) is 4.98 Å². The highest BCUT2D eigenvalue weighted by atomic mass is 16.2. The van der Waals surface area contributed by atoms with E-state index in [0.29, 0.717) is 22.4 Å². The lowest BCUT2D eigenvalue weighted by Crippen LogP contribution is -2.10. The molecular weight excluding hydrogens is 242 g/mol. The summed E-state index contributed by atoms with van der Waals surface area (Å²) in [5, 5.41) is 2.75. The average Bonchev–Trinajstić information content (AvgIpc) is 2.98. The maximum atomic E-state index is 11.9. The van der Waals surface area contributed by atoms with Crippen LogP contribution in [0.2, 0.25) is 0 Å². The summed E-state index contributed by atoms with van der Waals surface area (Å²) in [5.41, 5.74) is 8.35. The Bertz CT molecular complexity index is 699. The van der Waals surface area contributed by atoms with Gasteiger partial charge in [0.15, 0.2) is 0 Å². The molecule has 0 fully saturated rings. The highest BCUT2D eigenvalue weighted by molar-refractivity contribution is 6.35. The van der Waals surface area contributed by atoms with Gasteiger partial charge in [-0.15, -0.1) is 0 Å². The van der Waals surface area contributed by atoms with Gasteiger partial charge < -0.3 is 16.0 Å². The molecule has 2 heterocycles. The van der Waals surface area contributed by atoms with Crippen molar-refractivity contribution in [1.29, 1.82) is 0 Å². The van der Waals surface area contributed by atoms with Gasteiger partial charge in [0.2, 0.25) is 5.91 Å². The molecular formula is C14H11N3O2. The fourth-order valence-corrected chi connectivity index (χ4v) is 2.07. The summed E-state index contributed by atoms with van der Waals surface area (Å²) in [4.78, 5) is 26.1. The molecule has 0 spiro atoms. The van der Waals surface area contributed by atoms with Crippen LogP contribution in [0.1, 0.15) is 21.6 Å². The number of nitrogens with one attached hydrogen (secondary N) is 2. The summed E-state index contributed by atoms with van der Waals surface area (Å²) in [6, 6.07) is 8.61. The van der Waals surface area contributed by atoms with Gasteiger partial charge in [0.25, 0.3) is 5.91 Å². The topological polar surface area (TPSA) is 88.0 Å². The number of primary amides is 1. The quantitative estimate of drug-likeness (QED) is 0.710. The number of carbonyl (C=O) groups is 2. The number of hydrogen-bond acceptors (Lipinski definition) is 2. The monoisotopic (exact) mass is 253 g/mol. The van der Waals surface area contributed by atoms with Gasteiger partial charge in [0, 0.05) is 28.7 Å². The first-order chi connectivity index (χ1) is 9.15. The summed E-state index contributed by atoms with van der Waals surface area (Å²) in [6.07, 6.45) is 3.52. The van der Waals surface area contributed by atoms with Crippen LogP contribution in [0.15, 0.2) is 36.5 Å². The molecule has 1 aliphatic heterocycles. The molecule has 2 aromatic rings. The molecule has 5 heteroatoms. The van der Waals surface area contributed by atoms with Crippen molar-refractivity contribution in [3.05, 3.63) is 53.3 Å². The first-order valence-electron chi connectivity index (χ1n) is 5.76. The summed E-state index contributed by atoms with van der Waals surface area (Å²) >= 11 is 0. The number of carbonyl (C=O) groups excluding carboxylic acids is 2. The van der Waals surface area contributed by atoms with Crippen LogP contribution in [0, 0.1) is 0 Å². The van der Waals surface area contributed by atoms with E-state index >= 15 is 0 Å². The zero-order valence-electron chi connectivity index (χ0n) is 9.94. The molecule has 4 N–H and O–H groups in total. The molecule has 0 aliphatic carbocycles. The summed E-state index contributed by atoms with van der Waals surface area (Å²) in [7, 11) is 0. The number of aromatic nitrogens is 1. The van der Waals surface area contributed by atoms with Crippen LogP contribution in [0.3, 0.4) is 0 Å². The lowest BCUT2D eigenvalue weighted by molar-refractivity contribution is -0.110. The molecule has 0 bridgehead atoms. The second-order valence-electron chi connectivity index (χ2n) is 4.26. The Morgan fingerprint density at radius 3 is 2.79 bits per heavy atom. The molecule has 1 aromatic heterocycles. The standard InChI is InChI=1S/C14H11N3O2/c15-13(18)8-3-4-12-10(6-8)11(14(19)17-12)7-9-2-1-5-16-9/h1-7,16H,(H2,15,18)(H,17,19)/b11-7-. The van der Waals surface area contributed by atoms with Crippen molar-refractivity contribution in [2.24, 2.45) is 5.73 Å². The van der Waals surface area contributed by atoms with E-state index in [2.05, 4.69) is 10.3 Å². The molecule has 0 unspecified atom stereocenters. The Balaban J connectivity index is 2.12. The predicted octanol–water partition coefficient (Wildman–Crippen LogP) is 1.61. The van der Waals surface area contributed by atoms with Crippen LogP contribution in [0.4, 0.5) is 5.69 Å². The third-order valence-electron chi connectivity index (χ3n) is 3.01. The van der Waals surface area contributed by atoms with Crippen molar-refractivity contribution >= 4 is 29.2 Å². The number of aromatic amines is 1. The molecule has 19 heavy (non-hydrogen) atoms. The zero-order valence-corrected chi connectivity index (χ0v) is 9.94. The van der Waals surface area contributed by atoms with E-state index < -0.39 is 5.91 Å². The van der Waals surface area contributed by atoms with Crippen LogP contribution >= 0.6 is 0 Å². The summed E-state index contributed by atoms with van der Waals surface area (Å²) in [6.45, 7) is 0. The molecule has 2 amide bonds. The van der Waals surface area contributed by atoms with E-state index in [1.54, 1.807) is 30.5 Å². The van der Waals surface area contributed by atoms with Crippen molar-refractivity contribution in [3.63, 3.8) is 0 Å². The minimum atomic E-state index is -0.513. The molecule has 0 radical (unpaired) electrons. The average molecular weight is 253 g/mol. The fourth-order valence-electron chi connectivity index (χ4n) is 2.07. The largest absolute Gasteiger partial charge is 0.366 e. The second-order valence-corrected chi connectivity index (χ2v) is 4.26. The minimum Gasteiger partial charge on any atom is -0.366 e. The number of fused-ring (bicyclic) bond motifs is 1. The Morgan fingerprint density at radius 1 is 1.26 bits per heavy atom. The summed E-state index contributed by atoms with van der Waals surface area (Å²) < 4.78 is 0. The van der Waals surface area contributed by atoms with Gasteiger partial charge in [0.1, 0.15) is 0 Å². The van der Waals surface area contributed by atoms with Crippen molar-refractivity contribution in [3.8, 4) is 0 Å². The van der Waals surface area contributed by atoms with E-state index in [4.69, 9.17) is 5.73 Å². The van der Waals surface area contributed by atoms with Crippen LogP contribution in [0.25, 0.3) is 11.6 Å². The number of hydrogen-bond donors (Lipinski definition) is 3. The van der Waals surface area contributed by atoms with E-state index in [0.717, 1.165) is 5.69 Å². The van der Waals surface area contributed by atoms with E-state index in [9.17, 15) is 9.59 Å². The van der Waals surface area contributed by atoms with Crippen LogP contribution in [0.5, 0.6) is 0 Å². The molecule has 5 nitrogen and oxygen atoms in total. The molecule has 1 aromatic carbocycles. The Kier molecular flexibility index (Phi) is 2.45. The minimum absolute atomic E-state index is 0.189. The van der Waals surface area contributed by atoms with Gasteiger partial charge in [-0.3, -0.25) is 9.59 Å². The third-order valence-corrected chi connectivity index (χ3v) is 3.01. The van der Waals surface area contributed by atoms with Gasteiger partial charge in [-0.2, -0.15) is 0 Å². The Morgan fingerprint density at radius 2 is 2.11 bits per heavy atom. The zero-order chi connectivity index (χ0) is 13.4. The Labute approximate surface area is 109 Å². The van der Waals surface area contributed by atoms with Crippen molar-refractivity contribution < 1.29 is 9.59 Å². The van der Waals surface area contributed by atoms with Crippen LogP contribution in [-0.4, -0.2) is 16.8 Å². The number of benzene rings is 1. The highest BCUT2D eigenvalue weighted by Crippen LogP contribution is 2.33. The van der Waals surface area contributed by atoms with E-state index in [1.807, 2.05) is 12.1 Å². The third kappa shape index (κ3) is 1.91. The number of rotatable bonds is 2. The predicted molar refractivity (Wildman–Crippen MR) is 72.3 cm³/mol. The first kappa shape index (κ1) is 11.3. The van der Waals surface area contributed by atoms with Gasteiger partial charge >= 0.3 is 0 Å². The molecule has 0 atom stereocenters. The number of nitrogens with two attached hydrogens (primary N) is 1. The number of amides is 2. The number of H-pyrrole nitrogens is 1. The molecule has 0 saturated carbocycles. The highest BCUT2D eigenvalue weighted by Gasteiger charge is 2.24. The molecule has 3 rings (SSSR count). The Hall–Kier alpha value is -2.82.